The van der Waals surface area contributed by atoms with Crippen molar-refractivity contribution in [1.29, 1.82) is 0 Å². The molecule has 0 radical (unpaired) electrons. The molecule has 4 rings (SSSR count). The Morgan fingerprint density at radius 2 is 1.72 bits per heavy atom. The summed E-state index contributed by atoms with van der Waals surface area (Å²) in [5, 5.41) is 7.89. The van der Waals surface area contributed by atoms with Crippen LogP contribution in [0.5, 0.6) is 17.2 Å². The molecule has 1 aromatic heterocycles. The summed E-state index contributed by atoms with van der Waals surface area (Å²) in [5.41, 5.74) is 3.02. The van der Waals surface area contributed by atoms with Crippen molar-refractivity contribution in [2.75, 3.05) is 18.5 Å². The maximum Gasteiger partial charge on any atom is 0.255 e. The predicted molar refractivity (Wildman–Crippen MR) is 140 cm³/mol. The second kappa shape index (κ2) is 12.1. The highest BCUT2D eigenvalue weighted by Crippen LogP contribution is 2.29. The molecule has 0 fully saturated rings. The number of hydrogen-bond acceptors (Lipinski definition) is 5. The highest BCUT2D eigenvalue weighted by molar-refractivity contribution is 6.30. The standard InChI is InChI=1S/C28H28ClN3O4/c1-3-34-26-12-11-20(14-27(26)35-4-2)17-32-18-24(16-30-32)31-28(33)22-8-5-7-21(13-22)19-36-25-10-6-9-23(29)15-25/h5-16,18H,3-4,17,19H2,1-2H3,(H,31,33). The lowest BCUT2D eigenvalue weighted by Crippen LogP contribution is -2.12. The number of ether oxygens (including phenoxy) is 3. The van der Waals surface area contributed by atoms with Crippen molar-refractivity contribution < 1.29 is 19.0 Å². The zero-order valence-electron chi connectivity index (χ0n) is 20.2. The summed E-state index contributed by atoms with van der Waals surface area (Å²) in [6, 6.07) is 20.3. The van der Waals surface area contributed by atoms with E-state index < -0.39 is 0 Å². The van der Waals surface area contributed by atoms with Gasteiger partial charge in [0.2, 0.25) is 0 Å². The molecule has 3 aromatic carbocycles. The van der Waals surface area contributed by atoms with E-state index in [2.05, 4.69) is 10.4 Å². The number of carbonyl (C=O) groups is 1. The Kier molecular flexibility index (Phi) is 8.47. The average Bonchev–Trinajstić information content (AvgIpc) is 3.31. The van der Waals surface area contributed by atoms with E-state index in [0.29, 0.717) is 54.1 Å². The fourth-order valence-corrected chi connectivity index (χ4v) is 3.80. The lowest BCUT2D eigenvalue weighted by molar-refractivity contribution is 0.102. The van der Waals surface area contributed by atoms with E-state index in [4.69, 9.17) is 25.8 Å². The van der Waals surface area contributed by atoms with Crippen LogP contribution in [0.25, 0.3) is 0 Å². The first-order valence-corrected chi connectivity index (χ1v) is 12.1. The number of aromatic nitrogens is 2. The largest absolute Gasteiger partial charge is 0.490 e. The van der Waals surface area contributed by atoms with Crippen molar-refractivity contribution in [3.63, 3.8) is 0 Å². The first kappa shape index (κ1) is 25.1. The van der Waals surface area contributed by atoms with Crippen LogP contribution in [0.4, 0.5) is 5.69 Å². The molecule has 1 N–H and O–H groups in total. The monoisotopic (exact) mass is 505 g/mol. The molecule has 1 heterocycles. The maximum atomic E-state index is 12.8. The summed E-state index contributed by atoms with van der Waals surface area (Å²) >= 11 is 6.00. The zero-order valence-corrected chi connectivity index (χ0v) is 21.0. The molecule has 4 aromatic rings. The average molecular weight is 506 g/mol. The molecule has 0 unspecified atom stereocenters. The van der Waals surface area contributed by atoms with E-state index in [1.165, 1.54) is 0 Å². The fraction of sp³-hybridized carbons (Fsp3) is 0.214. The molecule has 0 atom stereocenters. The van der Waals surface area contributed by atoms with Crippen molar-refractivity contribution in [2.45, 2.75) is 27.0 Å². The van der Waals surface area contributed by atoms with E-state index >= 15 is 0 Å². The third kappa shape index (κ3) is 6.79. The molecule has 0 spiro atoms. The summed E-state index contributed by atoms with van der Waals surface area (Å²) in [5.74, 6) is 1.87. The number of rotatable bonds is 11. The molecular weight excluding hydrogens is 478 g/mol. The van der Waals surface area contributed by atoms with E-state index in [1.54, 1.807) is 41.3 Å². The van der Waals surface area contributed by atoms with Gasteiger partial charge in [0.15, 0.2) is 11.5 Å². The molecule has 0 aliphatic heterocycles. The molecule has 7 nitrogen and oxygen atoms in total. The second-order valence-corrected chi connectivity index (χ2v) is 8.41. The Bertz CT molecular complexity index is 1320. The van der Waals surface area contributed by atoms with E-state index in [0.717, 1.165) is 16.9 Å². The Morgan fingerprint density at radius 1 is 0.917 bits per heavy atom. The SMILES string of the molecule is CCOc1ccc(Cn2cc(NC(=O)c3cccc(COc4cccc(Cl)c4)c3)cn2)cc1OCC. The van der Waals surface area contributed by atoms with Gasteiger partial charge in [0.25, 0.3) is 5.91 Å². The first-order valence-electron chi connectivity index (χ1n) is 11.7. The molecule has 0 bridgehead atoms. The van der Waals surface area contributed by atoms with Gasteiger partial charge in [-0.2, -0.15) is 5.10 Å². The summed E-state index contributed by atoms with van der Waals surface area (Å²) in [6.07, 6.45) is 3.42. The molecular formula is C28H28ClN3O4. The predicted octanol–water partition coefficient (Wildman–Crippen LogP) is 6.21. The van der Waals surface area contributed by atoms with Gasteiger partial charge >= 0.3 is 0 Å². The van der Waals surface area contributed by atoms with E-state index in [1.807, 2.05) is 56.3 Å². The minimum Gasteiger partial charge on any atom is -0.490 e. The fourth-order valence-electron chi connectivity index (χ4n) is 3.62. The molecule has 36 heavy (non-hydrogen) atoms. The summed E-state index contributed by atoms with van der Waals surface area (Å²) < 4.78 is 18.9. The number of nitrogens with zero attached hydrogens (tertiary/aromatic N) is 2. The van der Waals surface area contributed by atoms with Gasteiger partial charge in [-0.1, -0.05) is 35.9 Å². The third-order valence-corrected chi connectivity index (χ3v) is 5.47. The van der Waals surface area contributed by atoms with Crippen LogP contribution in [0.2, 0.25) is 5.02 Å². The zero-order chi connectivity index (χ0) is 25.3. The first-order chi connectivity index (χ1) is 17.5. The highest BCUT2D eigenvalue weighted by Gasteiger charge is 2.11. The molecule has 1 amide bonds. The van der Waals surface area contributed by atoms with Crippen molar-refractivity contribution in [1.82, 2.24) is 9.78 Å². The van der Waals surface area contributed by atoms with Gasteiger partial charge in [-0.05, 0) is 67.4 Å². The molecule has 8 heteroatoms. The van der Waals surface area contributed by atoms with Crippen LogP contribution in [0, 0.1) is 0 Å². The van der Waals surface area contributed by atoms with Crippen LogP contribution in [0.1, 0.15) is 35.3 Å². The lowest BCUT2D eigenvalue weighted by Gasteiger charge is -2.12. The summed E-state index contributed by atoms with van der Waals surface area (Å²) in [4.78, 5) is 12.8. The number of nitrogens with one attached hydrogen (secondary N) is 1. The number of halogens is 1. The molecule has 0 saturated carbocycles. The van der Waals surface area contributed by atoms with Crippen molar-refractivity contribution in [3.8, 4) is 17.2 Å². The molecule has 0 saturated heterocycles. The highest BCUT2D eigenvalue weighted by atomic mass is 35.5. The van der Waals surface area contributed by atoms with Gasteiger partial charge in [-0.25, -0.2) is 0 Å². The van der Waals surface area contributed by atoms with Crippen molar-refractivity contribution in [2.24, 2.45) is 0 Å². The molecule has 186 valence electrons. The van der Waals surface area contributed by atoms with Crippen LogP contribution in [-0.2, 0) is 13.2 Å². The Balaban J connectivity index is 1.37. The van der Waals surface area contributed by atoms with Gasteiger partial charge in [-0.3, -0.25) is 9.48 Å². The quantitative estimate of drug-likeness (QED) is 0.262. The van der Waals surface area contributed by atoms with Gasteiger partial charge in [0, 0.05) is 16.8 Å². The van der Waals surface area contributed by atoms with Crippen molar-refractivity contribution in [3.05, 3.63) is 101 Å². The van der Waals surface area contributed by atoms with Gasteiger partial charge in [0.1, 0.15) is 12.4 Å². The topological polar surface area (TPSA) is 74.6 Å². The Morgan fingerprint density at radius 3 is 2.53 bits per heavy atom. The smallest absolute Gasteiger partial charge is 0.255 e. The number of amides is 1. The van der Waals surface area contributed by atoms with Gasteiger partial charge in [0.05, 0.1) is 31.6 Å². The number of carbonyl (C=O) groups excluding carboxylic acids is 1. The van der Waals surface area contributed by atoms with Gasteiger partial charge in [-0.15, -0.1) is 0 Å². The second-order valence-electron chi connectivity index (χ2n) is 7.97. The van der Waals surface area contributed by atoms with Crippen LogP contribution in [-0.4, -0.2) is 28.9 Å². The maximum absolute atomic E-state index is 12.8. The Labute approximate surface area is 215 Å². The number of benzene rings is 3. The van der Waals surface area contributed by atoms with Crippen LogP contribution >= 0.6 is 11.6 Å². The minimum atomic E-state index is -0.223. The molecule has 0 aliphatic rings. The normalized spacial score (nSPS) is 10.6. The summed E-state index contributed by atoms with van der Waals surface area (Å²) in [6.45, 7) is 5.85. The minimum absolute atomic E-state index is 0.223. The van der Waals surface area contributed by atoms with Crippen LogP contribution < -0.4 is 19.5 Å². The van der Waals surface area contributed by atoms with E-state index in [-0.39, 0.29) is 5.91 Å². The van der Waals surface area contributed by atoms with Gasteiger partial charge < -0.3 is 19.5 Å². The Hall–Kier alpha value is -3.97. The number of hydrogen-bond donors (Lipinski definition) is 1. The lowest BCUT2D eigenvalue weighted by atomic mass is 10.1. The molecule has 0 aliphatic carbocycles. The van der Waals surface area contributed by atoms with Crippen LogP contribution in [0.3, 0.4) is 0 Å². The third-order valence-electron chi connectivity index (χ3n) is 5.23. The van der Waals surface area contributed by atoms with Crippen LogP contribution in [0.15, 0.2) is 79.1 Å². The summed E-state index contributed by atoms with van der Waals surface area (Å²) in [7, 11) is 0. The number of anilines is 1. The van der Waals surface area contributed by atoms with Crippen molar-refractivity contribution >= 4 is 23.2 Å². The van der Waals surface area contributed by atoms with E-state index in [9.17, 15) is 4.79 Å².